The number of hydrogen-bond donors (Lipinski definition) is 1. The van der Waals surface area contributed by atoms with Gasteiger partial charge in [-0.1, -0.05) is 6.08 Å². The van der Waals surface area contributed by atoms with Crippen LogP contribution in [0.15, 0.2) is 30.9 Å². The molecule has 0 bridgehead atoms. The summed E-state index contributed by atoms with van der Waals surface area (Å²) in [7, 11) is 0.990. The molecule has 2 rings (SSSR count). The molecule has 0 aromatic heterocycles. The molecule has 1 aromatic carbocycles. The lowest BCUT2D eigenvalue weighted by molar-refractivity contribution is -0.414. The van der Waals surface area contributed by atoms with E-state index in [1.54, 1.807) is 0 Å². The van der Waals surface area contributed by atoms with Gasteiger partial charge < -0.3 is 14.7 Å². The van der Waals surface area contributed by atoms with E-state index < -0.39 is 53.2 Å². The van der Waals surface area contributed by atoms with Crippen molar-refractivity contribution < 1.29 is 54.2 Å². The van der Waals surface area contributed by atoms with E-state index in [2.05, 4.69) is 11.3 Å². The zero-order valence-electron chi connectivity index (χ0n) is 14.3. The van der Waals surface area contributed by atoms with Crippen molar-refractivity contribution in [3.8, 4) is 5.75 Å². The maximum absolute atomic E-state index is 14.6. The van der Waals surface area contributed by atoms with Crippen LogP contribution in [-0.4, -0.2) is 48.6 Å². The molecule has 4 nitrogen and oxygen atoms in total. The molecule has 1 aliphatic heterocycles. The Kier molecular flexibility index (Phi) is 5.15. The van der Waals surface area contributed by atoms with E-state index in [-0.39, 0.29) is 10.6 Å². The Hall–Kier alpha value is -2.44. The highest BCUT2D eigenvalue weighted by Gasteiger charge is 2.88. The summed E-state index contributed by atoms with van der Waals surface area (Å²) in [5.41, 5.74) is -6.70. The molecule has 0 radical (unpaired) electrons. The van der Waals surface area contributed by atoms with Gasteiger partial charge in [0.2, 0.25) is 5.60 Å². The molecule has 1 amide bonds. The molecule has 0 aliphatic carbocycles. The second kappa shape index (κ2) is 6.54. The molecule has 1 atom stereocenters. The van der Waals surface area contributed by atoms with E-state index in [0.29, 0.717) is 6.07 Å². The van der Waals surface area contributed by atoms with Gasteiger partial charge in [0.1, 0.15) is 5.75 Å². The van der Waals surface area contributed by atoms with E-state index in [9.17, 15) is 49.4 Å². The summed E-state index contributed by atoms with van der Waals surface area (Å²) in [5, 5.41) is 10.3. The van der Waals surface area contributed by atoms with Gasteiger partial charge >= 0.3 is 23.9 Å². The third-order valence-electron chi connectivity index (χ3n) is 4.35. The minimum absolute atomic E-state index is 0.289. The molecule has 29 heavy (non-hydrogen) atoms. The summed E-state index contributed by atoms with van der Waals surface area (Å²) in [6, 6.07) is 2.39. The van der Waals surface area contributed by atoms with E-state index in [1.807, 2.05) is 0 Å². The topological polar surface area (TPSA) is 49.8 Å². The highest BCUT2D eigenvalue weighted by atomic mass is 19.4. The molecule has 1 unspecified atom stereocenters. The Morgan fingerprint density at radius 3 is 2.10 bits per heavy atom. The van der Waals surface area contributed by atoms with Gasteiger partial charge in [-0.2, -0.15) is 39.5 Å². The monoisotopic (exact) mass is 437 g/mol. The maximum Gasteiger partial charge on any atom is 0.460 e. The average molecular weight is 437 g/mol. The quantitative estimate of drug-likeness (QED) is 0.543. The first-order valence-corrected chi connectivity index (χ1v) is 7.56. The van der Waals surface area contributed by atoms with Gasteiger partial charge in [0.15, 0.2) is 0 Å². The lowest BCUT2D eigenvalue weighted by atomic mass is 9.82. The van der Waals surface area contributed by atoms with Crippen LogP contribution in [-0.2, 0) is 10.4 Å². The second-order valence-electron chi connectivity index (χ2n) is 6.02. The van der Waals surface area contributed by atoms with E-state index >= 15 is 0 Å². The number of amides is 1. The third kappa shape index (κ3) is 2.77. The molecule has 1 aromatic rings. The van der Waals surface area contributed by atoms with Crippen molar-refractivity contribution >= 4 is 11.6 Å². The van der Waals surface area contributed by atoms with Crippen LogP contribution in [0.1, 0.15) is 5.56 Å². The Bertz CT molecular complexity index is 837. The number of carbonyl (C=O) groups is 1. The number of ether oxygens (including phenoxy) is 1. The lowest BCUT2D eigenvalue weighted by Gasteiger charge is -2.39. The number of fused-ring (bicyclic) bond motifs is 1. The predicted octanol–water partition coefficient (Wildman–Crippen LogP) is 3.88. The minimum atomic E-state index is -7.27. The third-order valence-corrected chi connectivity index (χ3v) is 4.35. The summed E-state index contributed by atoms with van der Waals surface area (Å²) in [6.45, 7) is 2.55. The molecule has 1 aliphatic rings. The number of alkyl halides is 9. The number of carbonyl (C=O) groups excluding carboxylic acids is 1. The van der Waals surface area contributed by atoms with Crippen molar-refractivity contribution in [2.24, 2.45) is 0 Å². The van der Waals surface area contributed by atoms with E-state index in [0.717, 1.165) is 25.3 Å². The molecule has 0 saturated heterocycles. The second-order valence-corrected chi connectivity index (χ2v) is 6.02. The van der Waals surface area contributed by atoms with Crippen LogP contribution in [0.3, 0.4) is 0 Å². The molecule has 0 saturated carbocycles. The summed E-state index contributed by atoms with van der Waals surface area (Å²) in [5.74, 6) is -23.7. The van der Waals surface area contributed by atoms with Crippen LogP contribution in [0.2, 0.25) is 0 Å². The number of hydrogen-bond acceptors (Lipinski definition) is 3. The summed E-state index contributed by atoms with van der Waals surface area (Å²) in [4.78, 5) is 12.7. The molecule has 1 heterocycles. The van der Waals surface area contributed by atoms with Crippen LogP contribution in [0, 0.1) is 0 Å². The molecular weight excluding hydrogens is 425 g/mol. The standard InChI is InChI=1S/C16H12F9NO3/c1-3-6-26-10-5-4-8(29-2)7-9(10)12(28,11(26)27)13(17,18)14(19,20)15(21,22)16(23,24)25/h3-5,7,28H,1,6H2,2H3. The number of aliphatic hydroxyl groups is 1. The number of halogens is 9. The van der Waals surface area contributed by atoms with Crippen LogP contribution in [0.25, 0.3) is 0 Å². The maximum atomic E-state index is 14.6. The van der Waals surface area contributed by atoms with E-state index in [1.165, 1.54) is 0 Å². The smallest absolute Gasteiger partial charge is 0.460 e. The van der Waals surface area contributed by atoms with Gasteiger partial charge in [-0.25, -0.2) is 0 Å². The Balaban J connectivity index is 2.80. The molecule has 13 heteroatoms. The summed E-state index contributed by atoms with van der Waals surface area (Å²) < 4.78 is 126. The molecule has 1 N–H and O–H groups in total. The van der Waals surface area contributed by atoms with Crippen LogP contribution in [0.5, 0.6) is 5.75 Å². The highest BCUT2D eigenvalue weighted by Crippen LogP contribution is 2.61. The Morgan fingerprint density at radius 2 is 1.66 bits per heavy atom. The Morgan fingerprint density at radius 1 is 1.10 bits per heavy atom. The van der Waals surface area contributed by atoms with Gasteiger partial charge in [0.05, 0.1) is 12.8 Å². The number of rotatable bonds is 6. The first-order chi connectivity index (χ1) is 13.0. The fourth-order valence-corrected chi connectivity index (χ4v) is 2.80. The first-order valence-electron chi connectivity index (χ1n) is 7.56. The van der Waals surface area contributed by atoms with E-state index in [4.69, 9.17) is 0 Å². The van der Waals surface area contributed by atoms with Gasteiger partial charge in [0, 0.05) is 12.1 Å². The molecule has 162 valence electrons. The zero-order chi connectivity index (χ0) is 22.6. The fraction of sp³-hybridized carbons (Fsp3) is 0.438. The van der Waals surface area contributed by atoms with Crippen molar-refractivity contribution in [3.05, 3.63) is 36.4 Å². The van der Waals surface area contributed by atoms with Crippen LogP contribution in [0.4, 0.5) is 45.2 Å². The van der Waals surface area contributed by atoms with Crippen molar-refractivity contribution in [1.29, 1.82) is 0 Å². The van der Waals surface area contributed by atoms with Crippen LogP contribution < -0.4 is 9.64 Å². The minimum Gasteiger partial charge on any atom is -0.497 e. The molecule has 0 fully saturated rings. The summed E-state index contributed by atoms with van der Waals surface area (Å²) >= 11 is 0. The number of nitrogens with zero attached hydrogens (tertiary/aromatic N) is 1. The van der Waals surface area contributed by atoms with Crippen molar-refractivity contribution in [3.63, 3.8) is 0 Å². The van der Waals surface area contributed by atoms with Crippen molar-refractivity contribution in [1.82, 2.24) is 0 Å². The largest absolute Gasteiger partial charge is 0.497 e. The summed E-state index contributed by atoms with van der Waals surface area (Å²) in [6.07, 6.45) is -6.17. The lowest BCUT2D eigenvalue weighted by Crippen LogP contribution is -2.69. The molecular formula is C16H12F9NO3. The first kappa shape index (κ1) is 22.8. The highest BCUT2D eigenvalue weighted by molar-refractivity contribution is 6.08. The average Bonchev–Trinajstić information content (AvgIpc) is 2.83. The predicted molar refractivity (Wildman–Crippen MR) is 80.3 cm³/mol. The van der Waals surface area contributed by atoms with Gasteiger partial charge in [-0.15, -0.1) is 6.58 Å². The zero-order valence-corrected chi connectivity index (χ0v) is 14.3. The van der Waals surface area contributed by atoms with Crippen molar-refractivity contribution in [2.75, 3.05) is 18.6 Å². The fourth-order valence-electron chi connectivity index (χ4n) is 2.80. The SMILES string of the molecule is C=CCN1C(=O)C(O)(C(F)(F)C(F)(F)C(F)(F)C(F)(F)F)c2cc(OC)ccc21. The van der Waals surface area contributed by atoms with Gasteiger partial charge in [-0.3, -0.25) is 4.79 Å². The van der Waals surface area contributed by atoms with Gasteiger partial charge in [-0.05, 0) is 18.2 Å². The normalized spacial score (nSPS) is 20.7. The van der Waals surface area contributed by atoms with Crippen molar-refractivity contribution in [2.45, 2.75) is 29.5 Å². The van der Waals surface area contributed by atoms with Gasteiger partial charge in [0.25, 0.3) is 5.91 Å². The molecule has 0 spiro atoms. The number of methoxy groups -OCH3 is 1. The Labute approximate surface area is 157 Å². The number of benzene rings is 1. The number of anilines is 1. The van der Waals surface area contributed by atoms with Crippen LogP contribution >= 0.6 is 0 Å².